The van der Waals surface area contributed by atoms with E-state index in [0.717, 1.165) is 11.3 Å². The summed E-state index contributed by atoms with van der Waals surface area (Å²) in [6.45, 7) is 3.48. The minimum atomic E-state index is -0.885. The van der Waals surface area contributed by atoms with Crippen molar-refractivity contribution in [2.45, 2.75) is 19.9 Å². The zero-order valence-corrected chi connectivity index (χ0v) is 8.80. The smallest absolute Gasteiger partial charge is 0.325 e. The summed E-state index contributed by atoms with van der Waals surface area (Å²) in [6.07, 6.45) is 0. The SMILES string of the molecule is Cc1ccc(Cl)cc1N[C@@H](C)C(=O)O. The molecule has 1 aromatic rings. The number of carbonyl (C=O) groups is 1. The van der Waals surface area contributed by atoms with Crippen molar-refractivity contribution < 1.29 is 9.90 Å². The van der Waals surface area contributed by atoms with Gasteiger partial charge in [-0.15, -0.1) is 0 Å². The van der Waals surface area contributed by atoms with Gasteiger partial charge in [-0.05, 0) is 31.5 Å². The molecule has 0 heterocycles. The van der Waals surface area contributed by atoms with Crippen molar-refractivity contribution in [3.8, 4) is 0 Å². The van der Waals surface area contributed by atoms with Gasteiger partial charge >= 0.3 is 5.97 Å². The maximum Gasteiger partial charge on any atom is 0.325 e. The topological polar surface area (TPSA) is 49.3 Å². The Morgan fingerprint density at radius 3 is 2.79 bits per heavy atom. The lowest BCUT2D eigenvalue weighted by Crippen LogP contribution is -2.25. The van der Waals surface area contributed by atoms with Gasteiger partial charge < -0.3 is 10.4 Å². The second-order valence-corrected chi connectivity index (χ2v) is 3.60. The Balaban J connectivity index is 2.85. The molecule has 0 aliphatic heterocycles. The molecule has 0 spiro atoms. The van der Waals surface area contributed by atoms with Gasteiger partial charge in [0, 0.05) is 10.7 Å². The van der Waals surface area contributed by atoms with Crippen LogP contribution in [0, 0.1) is 6.92 Å². The second kappa shape index (κ2) is 4.33. The quantitative estimate of drug-likeness (QED) is 0.811. The van der Waals surface area contributed by atoms with E-state index in [-0.39, 0.29) is 0 Å². The molecule has 0 bridgehead atoms. The number of nitrogens with one attached hydrogen (secondary N) is 1. The summed E-state index contributed by atoms with van der Waals surface area (Å²) in [5.74, 6) is -0.885. The standard InChI is InChI=1S/C10H12ClNO2/c1-6-3-4-8(11)5-9(6)12-7(2)10(13)14/h3-5,7,12H,1-2H3,(H,13,14)/t7-/m0/s1. The van der Waals surface area contributed by atoms with Crippen molar-refractivity contribution in [3.63, 3.8) is 0 Å². The van der Waals surface area contributed by atoms with Crippen LogP contribution in [0.15, 0.2) is 18.2 Å². The zero-order valence-electron chi connectivity index (χ0n) is 8.04. The summed E-state index contributed by atoms with van der Waals surface area (Å²) in [6, 6.07) is 4.72. The van der Waals surface area contributed by atoms with Crippen LogP contribution in [-0.2, 0) is 4.79 Å². The largest absolute Gasteiger partial charge is 0.480 e. The third-order valence-electron chi connectivity index (χ3n) is 1.94. The van der Waals surface area contributed by atoms with Crippen molar-refractivity contribution in [2.75, 3.05) is 5.32 Å². The van der Waals surface area contributed by atoms with Crippen LogP contribution in [0.1, 0.15) is 12.5 Å². The maximum absolute atomic E-state index is 10.6. The van der Waals surface area contributed by atoms with Crippen molar-refractivity contribution in [1.82, 2.24) is 0 Å². The molecule has 76 valence electrons. The summed E-state index contributed by atoms with van der Waals surface area (Å²) in [5.41, 5.74) is 1.73. The van der Waals surface area contributed by atoms with Gasteiger partial charge in [-0.3, -0.25) is 4.79 Å². The van der Waals surface area contributed by atoms with Gasteiger partial charge in [-0.1, -0.05) is 17.7 Å². The molecule has 14 heavy (non-hydrogen) atoms. The van der Waals surface area contributed by atoms with Crippen LogP contribution < -0.4 is 5.32 Å². The van der Waals surface area contributed by atoms with E-state index in [4.69, 9.17) is 16.7 Å². The molecule has 1 rings (SSSR count). The molecule has 0 radical (unpaired) electrons. The van der Waals surface area contributed by atoms with Gasteiger partial charge in [0.1, 0.15) is 6.04 Å². The molecule has 0 saturated carbocycles. The molecular weight excluding hydrogens is 202 g/mol. The number of hydrogen-bond acceptors (Lipinski definition) is 2. The molecule has 0 amide bonds. The minimum absolute atomic E-state index is 0.593. The minimum Gasteiger partial charge on any atom is -0.480 e. The third-order valence-corrected chi connectivity index (χ3v) is 2.18. The molecule has 1 aromatic carbocycles. The van der Waals surface area contributed by atoms with Crippen LogP contribution in [0.25, 0.3) is 0 Å². The summed E-state index contributed by atoms with van der Waals surface area (Å²) < 4.78 is 0. The van der Waals surface area contributed by atoms with Crippen molar-refractivity contribution in [3.05, 3.63) is 28.8 Å². The lowest BCUT2D eigenvalue weighted by Gasteiger charge is -2.13. The fourth-order valence-corrected chi connectivity index (χ4v) is 1.22. The molecule has 2 N–H and O–H groups in total. The van der Waals surface area contributed by atoms with E-state index in [2.05, 4.69) is 5.32 Å². The van der Waals surface area contributed by atoms with Gasteiger partial charge in [0.05, 0.1) is 0 Å². The van der Waals surface area contributed by atoms with Crippen LogP contribution in [-0.4, -0.2) is 17.1 Å². The summed E-state index contributed by atoms with van der Waals surface area (Å²) in [4.78, 5) is 10.6. The Morgan fingerprint density at radius 1 is 1.57 bits per heavy atom. The van der Waals surface area contributed by atoms with Crippen molar-refractivity contribution in [1.29, 1.82) is 0 Å². The molecule has 0 fully saturated rings. The third kappa shape index (κ3) is 2.64. The first-order valence-electron chi connectivity index (χ1n) is 4.26. The van der Waals surface area contributed by atoms with Gasteiger partial charge in [0.15, 0.2) is 0 Å². The van der Waals surface area contributed by atoms with E-state index in [0.29, 0.717) is 5.02 Å². The molecule has 1 atom stereocenters. The molecule has 0 aromatic heterocycles. The lowest BCUT2D eigenvalue weighted by molar-refractivity contribution is -0.137. The predicted molar refractivity (Wildman–Crippen MR) is 56.9 cm³/mol. The maximum atomic E-state index is 10.6. The summed E-state index contributed by atoms with van der Waals surface area (Å²) in [5, 5.41) is 12.2. The highest BCUT2D eigenvalue weighted by molar-refractivity contribution is 6.30. The van der Waals surface area contributed by atoms with Gasteiger partial charge in [-0.2, -0.15) is 0 Å². The molecular formula is C10H12ClNO2. The molecule has 0 aliphatic carbocycles. The number of rotatable bonds is 3. The van der Waals surface area contributed by atoms with Crippen molar-refractivity contribution >= 4 is 23.3 Å². The fraction of sp³-hybridized carbons (Fsp3) is 0.300. The normalized spacial score (nSPS) is 12.2. The summed E-state index contributed by atoms with van der Waals surface area (Å²) >= 11 is 5.79. The Bertz CT molecular complexity index is 352. The lowest BCUT2D eigenvalue weighted by atomic mass is 10.2. The average Bonchev–Trinajstić information content (AvgIpc) is 2.11. The van der Waals surface area contributed by atoms with Crippen LogP contribution in [0.3, 0.4) is 0 Å². The van der Waals surface area contributed by atoms with Gasteiger partial charge in [-0.25, -0.2) is 0 Å². The van der Waals surface area contributed by atoms with Crippen LogP contribution in [0.5, 0.6) is 0 Å². The Hall–Kier alpha value is -1.22. The number of benzene rings is 1. The number of carboxylic acid groups (broad SMARTS) is 1. The van der Waals surface area contributed by atoms with E-state index in [1.54, 1.807) is 19.1 Å². The zero-order chi connectivity index (χ0) is 10.7. The van der Waals surface area contributed by atoms with Gasteiger partial charge in [0.25, 0.3) is 0 Å². The predicted octanol–water partition coefficient (Wildman–Crippen LogP) is 2.53. The highest BCUT2D eigenvalue weighted by atomic mass is 35.5. The molecule has 0 saturated heterocycles. The molecule has 0 aliphatic rings. The van der Waals surface area contributed by atoms with E-state index in [1.165, 1.54) is 0 Å². The Labute approximate surface area is 87.7 Å². The molecule has 4 heteroatoms. The second-order valence-electron chi connectivity index (χ2n) is 3.16. The van der Waals surface area contributed by atoms with Crippen molar-refractivity contribution in [2.24, 2.45) is 0 Å². The number of aryl methyl sites for hydroxylation is 1. The Kier molecular flexibility index (Phi) is 3.36. The van der Waals surface area contributed by atoms with Crippen LogP contribution >= 0.6 is 11.6 Å². The first-order chi connectivity index (χ1) is 6.50. The fourth-order valence-electron chi connectivity index (χ4n) is 1.04. The highest BCUT2D eigenvalue weighted by Crippen LogP contribution is 2.20. The van der Waals surface area contributed by atoms with Gasteiger partial charge in [0.2, 0.25) is 0 Å². The Morgan fingerprint density at radius 2 is 2.21 bits per heavy atom. The van der Waals surface area contributed by atoms with Crippen LogP contribution in [0.2, 0.25) is 5.02 Å². The monoisotopic (exact) mass is 213 g/mol. The van der Waals surface area contributed by atoms with E-state index in [1.807, 2.05) is 13.0 Å². The first-order valence-corrected chi connectivity index (χ1v) is 4.64. The number of aliphatic carboxylic acids is 1. The highest BCUT2D eigenvalue weighted by Gasteiger charge is 2.11. The molecule has 0 unspecified atom stereocenters. The van der Waals surface area contributed by atoms with E-state index >= 15 is 0 Å². The first kappa shape index (κ1) is 10.9. The van der Waals surface area contributed by atoms with Crippen LogP contribution in [0.4, 0.5) is 5.69 Å². The average molecular weight is 214 g/mol. The number of halogens is 1. The number of hydrogen-bond donors (Lipinski definition) is 2. The molecule has 3 nitrogen and oxygen atoms in total. The van der Waals surface area contributed by atoms with E-state index in [9.17, 15) is 4.79 Å². The van der Waals surface area contributed by atoms with E-state index < -0.39 is 12.0 Å². The number of carboxylic acids is 1. The number of anilines is 1. The summed E-state index contributed by atoms with van der Waals surface area (Å²) in [7, 11) is 0.